The predicted octanol–water partition coefficient (Wildman–Crippen LogP) is 4.60. The summed E-state index contributed by atoms with van der Waals surface area (Å²) in [6.45, 7) is 6.11. The quantitative estimate of drug-likeness (QED) is 0.677. The summed E-state index contributed by atoms with van der Waals surface area (Å²) in [5.74, 6) is 1.86. The van der Waals surface area contributed by atoms with Crippen LogP contribution in [0.3, 0.4) is 0 Å². The number of methoxy groups -OCH3 is 1. The number of benzene rings is 2. The zero-order chi connectivity index (χ0) is 19.0. The Morgan fingerprint density at radius 3 is 2.59 bits per heavy atom. The fraction of sp³-hybridized carbons (Fsp3) is 0.286. The molecule has 6 nitrogen and oxygen atoms in total. The summed E-state index contributed by atoms with van der Waals surface area (Å²) in [4.78, 5) is 9.96. The highest BCUT2D eigenvalue weighted by Crippen LogP contribution is 2.34. The van der Waals surface area contributed by atoms with E-state index in [4.69, 9.17) is 14.1 Å². The van der Waals surface area contributed by atoms with Crippen LogP contribution < -0.4 is 4.74 Å². The molecule has 6 heteroatoms. The van der Waals surface area contributed by atoms with Crippen molar-refractivity contribution < 1.29 is 14.1 Å². The summed E-state index contributed by atoms with van der Waals surface area (Å²) in [5.41, 5.74) is 5.02. The SMILES string of the molecule is COc1ccccc1-c1noc(-c2ccc(C3C(C)=NOC3C)c(C)c2)n1. The van der Waals surface area contributed by atoms with Gasteiger partial charge in [0.1, 0.15) is 11.9 Å². The second-order valence-corrected chi connectivity index (χ2v) is 6.72. The zero-order valence-corrected chi connectivity index (χ0v) is 15.8. The molecule has 0 radical (unpaired) electrons. The number of hydrogen-bond donors (Lipinski definition) is 0. The minimum absolute atomic E-state index is 0.0371. The van der Waals surface area contributed by atoms with Crippen molar-refractivity contribution >= 4 is 5.71 Å². The van der Waals surface area contributed by atoms with Crippen molar-refractivity contribution in [1.82, 2.24) is 10.1 Å². The molecule has 0 N–H and O–H groups in total. The van der Waals surface area contributed by atoms with Crippen molar-refractivity contribution in [3.8, 4) is 28.6 Å². The van der Waals surface area contributed by atoms with Gasteiger partial charge in [0, 0.05) is 5.56 Å². The van der Waals surface area contributed by atoms with Crippen molar-refractivity contribution in [2.24, 2.45) is 5.16 Å². The first kappa shape index (κ1) is 17.3. The van der Waals surface area contributed by atoms with E-state index in [9.17, 15) is 0 Å². The normalized spacial score (nSPS) is 18.9. The maximum absolute atomic E-state index is 5.50. The van der Waals surface area contributed by atoms with E-state index in [2.05, 4.69) is 34.4 Å². The van der Waals surface area contributed by atoms with Gasteiger partial charge in [-0.2, -0.15) is 4.98 Å². The molecule has 2 unspecified atom stereocenters. The van der Waals surface area contributed by atoms with E-state index in [0.717, 1.165) is 22.4 Å². The number of nitrogens with zero attached hydrogens (tertiary/aromatic N) is 3. The van der Waals surface area contributed by atoms with Crippen molar-refractivity contribution in [2.45, 2.75) is 32.8 Å². The van der Waals surface area contributed by atoms with Gasteiger partial charge in [0.15, 0.2) is 0 Å². The molecule has 2 heterocycles. The van der Waals surface area contributed by atoms with Crippen LogP contribution in [0.4, 0.5) is 0 Å². The molecule has 0 amide bonds. The van der Waals surface area contributed by atoms with Crippen LogP contribution in [0.5, 0.6) is 5.75 Å². The van der Waals surface area contributed by atoms with Crippen LogP contribution in [0.25, 0.3) is 22.8 Å². The third kappa shape index (κ3) is 3.07. The first-order valence-corrected chi connectivity index (χ1v) is 8.87. The smallest absolute Gasteiger partial charge is 0.258 e. The van der Waals surface area contributed by atoms with Gasteiger partial charge in [-0.05, 0) is 56.2 Å². The van der Waals surface area contributed by atoms with Gasteiger partial charge >= 0.3 is 0 Å². The van der Waals surface area contributed by atoms with E-state index in [1.807, 2.05) is 44.2 Å². The third-order valence-electron chi connectivity index (χ3n) is 4.91. The van der Waals surface area contributed by atoms with Crippen LogP contribution in [-0.2, 0) is 4.84 Å². The molecule has 0 bridgehead atoms. The molecule has 3 aromatic rings. The highest BCUT2D eigenvalue weighted by Gasteiger charge is 2.30. The number of hydrogen-bond acceptors (Lipinski definition) is 6. The summed E-state index contributed by atoms with van der Waals surface area (Å²) in [5, 5.41) is 8.23. The van der Waals surface area contributed by atoms with Crippen molar-refractivity contribution in [3.05, 3.63) is 53.6 Å². The standard InChI is InChI=1S/C21H21N3O3/c1-12-11-15(9-10-16(12)19-13(2)23-26-14(19)3)21-22-20(24-27-21)17-7-5-6-8-18(17)25-4/h5-11,14,19H,1-4H3. The molecule has 27 heavy (non-hydrogen) atoms. The van der Waals surface area contributed by atoms with E-state index in [0.29, 0.717) is 17.5 Å². The molecule has 0 fully saturated rings. The van der Waals surface area contributed by atoms with Gasteiger partial charge in [-0.15, -0.1) is 0 Å². The largest absolute Gasteiger partial charge is 0.496 e. The number of oxime groups is 1. The lowest BCUT2D eigenvalue weighted by Crippen LogP contribution is -2.17. The Morgan fingerprint density at radius 1 is 1.07 bits per heavy atom. The monoisotopic (exact) mass is 363 g/mol. The maximum Gasteiger partial charge on any atom is 0.258 e. The fourth-order valence-electron chi connectivity index (χ4n) is 3.54. The lowest BCUT2D eigenvalue weighted by Gasteiger charge is -2.17. The van der Waals surface area contributed by atoms with Crippen LogP contribution in [0.15, 0.2) is 52.1 Å². The minimum atomic E-state index is 0.0371. The van der Waals surface area contributed by atoms with Crippen molar-refractivity contribution in [3.63, 3.8) is 0 Å². The number of aryl methyl sites for hydroxylation is 1. The van der Waals surface area contributed by atoms with Crippen LogP contribution >= 0.6 is 0 Å². The van der Waals surface area contributed by atoms with Gasteiger partial charge in [-0.1, -0.05) is 28.5 Å². The number of ether oxygens (including phenoxy) is 1. The fourth-order valence-corrected chi connectivity index (χ4v) is 3.54. The second-order valence-electron chi connectivity index (χ2n) is 6.72. The van der Waals surface area contributed by atoms with E-state index in [1.54, 1.807) is 7.11 Å². The molecule has 138 valence electrons. The van der Waals surface area contributed by atoms with Crippen LogP contribution in [0.1, 0.15) is 30.9 Å². The second kappa shape index (κ2) is 6.87. The minimum Gasteiger partial charge on any atom is -0.496 e. The Bertz CT molecular complexity index is 1010. The van der Waals surface area contributed by atoms with Gasteiger partial charge < -0.3 is 14.1 Å². The molecular weight excluding hydrogens is 342 g/mol. The number of para-hydroxylation sites is 1. The van der Waals surface area contributed by atoms with E-state index < -0.39 is 0 Å². The van der Waals surface area contributed by atoms with Gasteiger partial charge in [-0.25, -0.2) is 0 Å². The lowest BCUT2D eigenvalue weighted by atomic mass is 9.87. The first-order chi connectivity index (χ1) is 13.1. The highest BCUT2D eigenvalue weighted by molar-refractivity contribution is 5.90. The summed E-state index contributed by atoms with van der Waals surface area (Å²) >= 11 is 0. The summed E-state index contributed by atoms with van der Waals surface area (Å²) < 4.78 is 10.9. The number of aromatic nitrogens is 2. The molecule has 0 saturated heterocycles. The van der Waals surface area contributed by atoms with Gasteiger partial charge in [-0.3, -0.25) is 0 Å². The summed E-state index contributed by atoms with van der Waals surface area (Å²) in [7, 11) is 1.63. The molecular formula is C21H21N3O3. The topological polar surface area (TPSA) is 69.7 Å². The van der Waals surface area contributed by atoms with Crippen molar-refractivity contribution in [1.29, 1.82) is 0 Å². The molecule has 1 aliphatic heterocycles. The molecule has 0 saturated carbocycles. The van der Waals surface area contributed by atoms with E-state index in [-0.39, 0.29) is 12.0 Å². The zero-order valence-electron chi connectivity index (χ0n) is 15.8. The number of rotatable bonds is 4. The average molecular weight is 363 g/mol. The Morgan fingerprint density at radius 2 is 1.89 bits per heavy atom. The van der Waals surface area contributed by atoms with Crippen LogP contribution in [0.2, 0.25) is 0 Å². The van der Waals surface area contributed by atoms with Crippen molar-refractivity contribution in [2.75, 3.05) is 7.11 Å². The Kier molecular flexibility index (Phi) is 4.39. The highest BCUT2D eigenvalue weighted by atomic mass is 16.6. The van der Waals surface area contributed by atoms with Crippen LogP contribution in [0, 0.1) is 6.92 Å². The maximum atomic E-state index is 5.50. The first-order valence-electron chi connectivity index (χ1n) is 8.87. The van der Waals surface area contributed by atoms with E-state index in [1.165, 1.54) is 5.56 Å². The average Bonchev–Trinajstić information content (AvgIpc) is 3.29. The third-order valence-corrected chi connectivity index (χ3v) is 4.91. The lowest BCUT2D eigenvalue weighted by molar-refractivity contribution is 0.0904. The summed E-state index contributed by atoms with van der Waals surface area (Å²) in [6.07, 6.45) is 0.0371. The summed E-state index contributed by atoms with van der Waals surface area (Å²) in [6, 6.07) is 13.8. The molecule has 4 rings (SSSR count). The Balaban J connectivity index is 1.66. The van der Waals surface area contributed by atoms with Gasteiger partial charge in [0.2, 0.25) is 5.82 Å². The Labute approximate surface area is 157 Å². The Hall–Kier alpha value is -3.15. The molecule has 1 aliphatic rings. The van der Waals surface area contributed by atoms with Gasteiger partial charge in [0.05, 0.1) is 24.3 Å². The van der Waals surface area contributed by atoms with E-state index >= 15 is 0 Å². The molecule has 2 aromatic carbocycles. The predicted molar refractivity (Wildman–Crippen MR) is 103 cm³/mol. The van der Waals surface area contributed by atoms with Gasteiger partial charge in [0.25, 0.3) is 5.89 Å². The molecule has 0 spiro atoms. The molecule has 2 atom stereocenters. The molecule has 0 aliphatic carbocycles. The van der Waals surface area contributed by atoms with Crippen LogP contribution in [-0.4, -0.2) is 29.1 Å². The molecule has 1 aromatic heterocycles.